The smallest absolute Gasteiger partial charge is 0.311 e. The van der Waals surface area contributed by atoms with Gasteiger partial charge in [0, 0.05) is 30.8 Å². The van der Waals surface area contributed by atoms with Crippen molar-refractivity contribution in [3.63, 3.8) is 0 Å². The van der Waals surface area contributed by atoms with Crippen LogP contribution in [0, 0.1) is 6.92 Å². The highest BCUT2D eigenvalue weighted by molar-refractivity contribution is 6.31. The van der Waals surface area contributed by atoms with E-state index in [1.807, 2.05) is 0 Å². The largest absolute Gasteiger partial charge is 0.417 e. The summed E-state index contributed by atoms with van der Waals surface area (Å²) in [6.45, 7) is 3.08. The van der Waals surface area contributed by atoms with Crippen molar-refractivity contribution in [3.05, 3.63) is 51.9 Å². The van der Waals surface area contributed by atoms with Crippen molar-refractivity contribution in [1.82, 2.24) is 9.97 Å². The zero-order valence-electron chi connectivity index (χ0n) is 15.4. The Morgan fingerprint density at radius 1 is 1.18 bits per heavy atom. The van der Waals surface area contributed by atoms with Gasteiger partial charge in [-0.25, -0.2) is 4.98 Å². The van der Waals surface area contributed by atoms with E-state index >= 15 is 0 Å². The van der Waals surface area contributed by atoms with Crippen LogP contribution in [0.5, 0.6) is 0 Å². The maximum absolute atomic E-state index is 12.6. The number of anilines is 1. The third-order valence-corrected chi connectivity index (χ3v) is 4.22. The fourth-order valence-electron chi connectivity index (χ4n) is 2.60. The molecule has 28 heavy (non-hydrogen) atoms. The number of ketones is 1. The molecule has 150 valence electrons. The van der Waals surface area contributed by atoms with E-state index in [0.29, 0.717) is 42.0 Å². The molecule has 0 saturated heterocycles. The van der Waals surface area contributed by atoms with Crippen LogP contribution in [0.25, 0.3) is 0 Å². The first-order valence-electron chi connectivity index (χ1n) is 8.57. The molecule has 0 aliphatic rings. The van der Waals surface area contributed by atoms with Gasteiger partial charge in [-0.05, 0) is 44.4 Å². The fourth-order valence-corrected chi connectivity index (χ4v) is 2.86. The average molecular weight is 414 g/mol. The van der Waals surface area contributed by atoms with E-state index in [0.717, 1.165) is 12.3 Å². The predicted octanol–water partition coefficient (Wildman–Crippen LogP) is 5.01. The van der Waals surface area contributed by atoms with Gasteiger partial charge in [-0.15, -0.1) is 0 Å². The number of unbranched alkanes of at least 4 members (excludes halogenated alkanes) is 1. The van der Waals surface area contributed by atoms with Gasteiger partial charge in [-0.2, -0.15) is 13.2 Å². The molecule has 0 fully saturated rings. The number of pyridine rings is 2. The zero-order chi connectivity index (χ0) is 20.9. The van der Waals surface area contributed by atoms with Crippen molar-refractivity contribution in [3.8, 4) is 0 Å². The van der Waals surface area contributed by atoms with Crippen molar-refractivity contribution >= 4 is 29.1 Å². The molecule has 0 spiro atoms. The van der Waals surface area contributed by atoms with Gasteiger partial charge in [0.1, 0.15) is 5.82 Å². The number of hydrogen-bond acceptors (Lipinski definition) is 4. The summed E-state index contributed by atoms with van der Waals surface area (Å²) >= 11 is 5.88. The summed E-state index contributed by atoms with van der Waals surface area (Å²) in [5.74, 6) is -0.0717. The number of nitrogens with one attached hydrogen (secondary N) is 1. The molecule has 0 radical (unpaired) electrons. The van der Waals surface area contributed by atoms with Crippen LogP contribution in [-0.4, -0.2) is 21.7 Å². The van der Waals surface area contributed by atoms with Crippen LogP contribution in [-0.2, 0) is 17.4 Å². The monoisotopic (exact) mass is 413 g/mol. The quantitative estimate of drug-likeness (QED) is 0.511. The second-order valence-corrected chi connectivity index (χ2v) is 6.75. The number of nitrogens with zero attached hydrogens (tertiary/aromatic N) is 2. The van der Waals surface area contributed by atoms with Gasteiger partial charge >= 0.3 is 6.18 Å². The Hall–Kier alpha value is -2.48. The number of alkyl halides is 3. The summed E-state index contributed by atoms with van der Waals surface area (Å²) in [5, 5.41) is 2.51. The van der Waals surface area contributed by atoms with Crippen LogP contribution >= 0.6 is 11.6 Å². The molecule has 0 bridgehead atoms. The Morgan fingerprint density at radius 2 is 1.89 bits per heavy atom. The molecule has 5 nitrogen and oxygen atoms in total. The number of halogens is 4. The summed E-state index contributed by atoms with van der Waals surface area (Å²) in [7, 11) is 0. The third kappa shape index (κ3) is 6.30. The zero-order valence-corrected chi connectivity index (χ0v) is 16.1. The minimum atomic E-state index is -4.49. The van der Waals surface area contributed by atoms with E-state index in [1.165, 1.54) is 13.0 Å². The lowest BCUT2D eigenvalue weighted by Gasteiger charge is -2.09. The number of carbonyl (C=O) groups excluding carboxylic acids is 2. The van der Waals surface area contributed by atoms with Crippen LogP contribution in [0.3, 0.4) is 0 Å². The van der Waals surface area contributed by atoms with E-state index in [4.69, 9.17) is 11.6 Å². The van der Waals surface area contributed by atoms with Gasteiger partial charge in [0.15, 0.2) is 5.78 Å². The van der Waals surface area contributed by atoms with Crippen molar-refractivity contribution in [2.24, 2.45) is 0 Å². The summed E-state index contributed by atoms with van der Waals surface area (Å²) in [6, 6.07) is 4.02. The molecule has 2 aromatic rings. The number of hydrogen-bond donors (Lipinski definition) is 1. The highest BCUT2D eigenvalue weighted by Gasteiger charge is 2.31. The standard InChI is InChI=1S/C19H19ClF3N3O2/c1-11-7-13(8-18(25-11)26-12(2)27)17(28)6-4-3-5-16-15(20)9-14(10-24-16)19(21,22)23/h7-10H,3-6H2,1-2H3,(H,25,26,27). The highest BCUT2D eigenvalue weighted by atomic mass is 35.5. The van der Waals surface area contributed by atoms with E-state index < -0.39 is 11.7 Å². The first kappa shape index (κ1) is 21.8. The van der Waals surface area contributed by atoms with Crippen molar-refractivity contribution in [2.75, 3.05) is 5.32 Å². The minimum absolute atomic E-state index is 0.0362. The number of carbonyl (C=O) groups is 2. The van der Waals surface area contributed by atoms with Gasteiger partial charge in [0.05, 0.1) is 16.3 Å². The Bertz CT molecular complexity index is 885. The lowest BCUT2D eigenvalue weighted by atomic mass is 10.0. The third-order valence-electron chi connectivity index (χ3n) is 3.89. The summed E-state index contributed by atoms with van der Waals surface area (Å²) < 4.78 is 37.9. The minimum Gasteiger partial charge on any atom is -0.311 e. The Morgan fingerprint density at radius 3 is 2.50 bits per heavy atom. The molecule has 2 heterocycles. The number of Topliss-reactive ketones (excluding diaryl/α,β-unsaturated/α-hetero) is 1. The second kappa shape index (κ2) is 9.14. The normalized spacial score (nSPS) is 11.4. The van der Waals surface area contributed by atoms with Crippen molar-refractivity contribution in [2.45, 2.75) is 45.7 Å². The number of amides is 1. The molecule has 0 aliphatic heterocycles. The SMILES string of the molecule is CC(=O)Nc1cc(C(=O)CCCCc2ncc(C(F)(F)F)cc2Cl)cc(C)n1. The maximum Gasteiger partial charge on any atom is 0.417 e. The molecule has 2 rings (SSSR count). The van der Waals surface area contributed by atoms with Gasteiger partial charge in [-0.1, -0.05) is 11.6 Å². The molecular formula is C19H19ClF3N3O2. The Kier molecular flexibility index (Phi) is 7.12. The van der Waals surface area contributed by atoms with Crippen molar-refractivity contribution < 1.29 is 22.8 Å². The molecule has 9 heteroatoms. The number of rotatable bonds is 7. The van der Waals surface area contributed by atoms with E-state index in [-0.39, 0.29) is 23.1 Å². The van der Waals surface area contributed by atoms with Crippen molar-refractivity contribution in [1.29, 1.82) is 0 Å². The summed E-state index contributed by atoms with van der Waals surface area (Å²) in [6.07, 6.45) is -2.03. The molecule has 2 aromatic heterocycles. The number of aryl methyl sites for hydroxylation is 2. The first-order valence-corrected chi connectivity index (χ1v) is 8.95. The van der Waals surface area contributed by atoms with Crippen LogP contribution in [0.15, 0.2) is 24.4 Å². The molecular weight excluding hydrogens is 395 g/mol. The van der Waals surface area contributed by atoms with Gasteiger partial charge in [0.2, 0.25) is 5.91 Å². The summed E-state index contributed by atoms with van der Waals surface area (Å²) in [5.41, 5.74) is 0.534. The molecule has 0 saturated carbocycles. The summed E-state index contributed by atoms with van der Waals surface area (Å²) in [4.78, 5) is 31.4. The van der Waals surface area contributed by atoms with Gasteiger partial charge in [0.25, 0.3) is 0 Å². The van der Waals surface area contributed by atoms with Crippen LogP contribution in [0.2, 0.25) is 5.02 Å². The predicted molar refractivity (Wildman–Crippen MR) is 99.4 cm³/mol. The highest BCUT2D eigenvalue weighted by Crippen LogP contribution is 2.31. The lowest BCUT2D eigenvalue weighted by Crippen LogP contribution is -2.10. The van der Waals surface area contributed by atoms with E-state index in [1.54, 1.807) is 13.0 Å². The topological polar surface area (TPSA) is 72.0 Å². The molecule has 0 unspecified atom stereocenters. The molecule has 1 N–H and O–H groups in total. The van der Waals surface area contributed by atoms with Crippen LogP contribution in [0.4, 0.5) is 19.0 Å². The van der Waals surface area contributed by atoms with Crippen LogP contribution < -0.4 is 5.32 Å². The lowest BCUT2D eigenvalue weighted by molar-refractivity contribution is -0.137. The maximum atomic E-state index is 12.6. The first-order chi connectivity index (χ1) is 13.1. The molecule has 0 aliphatic carbocycles. The molecule has 0 aromatic carbocycles. The number of aromatic nitrogens is 2. The molecule has 1 amide bonds. The average Bonchev–Trinajstić information content (AvgIpc) is 2.57. The van der Waals surface area contributed by atoms with Gasteiger partial charge in [-0.3, -0.25) is 14.6 Å². The van der Waals surface area contributed by atoms with Crippen LogP contribution in [0.1, 0.15) is 53.5 Å². The Labute approximate surface area is 165 Å². The second-order valence-electron chi connectivity index (χ2n) is 6.34. The molecule has 0 atom stereocenters. The fraction of sp³-hybridized carbons (Fsp3) is 0.368. The van der Waals surface area contributed by atoms with E-state index in [2.05, 4.69) is 15.3 Å². The van der Waals surface area contributed by atoms with Gasteiger partial charge < -0.3 is 5.32 Å². The Balaban J connectivity index is 1.91. The van der Waals surface area contributed by atoms with E-state index in [9.17, 15) is 22.8 Å².